The van der Waals surface area contributed by atoms with Gasteiger partial charge >= 0.3 is 0 Å². The molecule has 3 heteroatoms. The monoisotopic (exact) mass is 252 g/mol. The summed E-state index contributed by atoms with van der Waals surface area (Å²) in [5, 5.41) is 10.4. The fourth-order valence-electron chi connectivity index (χ4n) is 2.06. The Kier molecular flexibility index (Phi) is 5.63. The smallest absolute Gasteiger partial charge is 0.122 e. The molecule has 3 nitrogen and oxygen atoms in total. The Balaban J connectivity index is 2.82. The van der Waals surface area contributed by atoms with Crippen LogP contribution < -0.4 is 4.74 Å². The Labute approximate surface area is 110 Å². The number of para-hydroxylation sites is 1. The van der Waals surface area contributed by atoms with E-state index >= 15 is 0 Å². The summed E-state index contributed by atoms with van der Waals surface area (Å²) < 4.78 is 11.0. The average Bonchev–Trinajstić information content (AvgIpc) is 2.39. The van der Waals surface area contributed by atoms with Gasteiger partial charge in [-0.3, -0.25) is 0 Å². The average molecular weight is 252 g/mol. The molecular formula is C15H24O3. The van der Waals surface area contributed by atoms with E-state index in [0.29, 0.717) is 13.0 Å². The maximum absolute atomic E-state index is 10.4. The highest BCUT2D eigenvalue weighted by molar-refractivity contribution is 5.33. The summed E-state index contributed by atoms with van der Waals surface area (Å²) in [7, 11) is 1.65. The molecule has 18 heavy (non-hydrogen) atoms. The summed E-state index contributed by atoms with van der Waals surface area (Å²) in [6.45, 7) is 6.54. The van der Waals surface area contributed by atoms with Crippen molar-refractivity contribution >= 4 is 0 Å². The first-order valence-electron chi connectivity index (χ1n) is 6.51. The first-order valence-corrected chi connectivity index (χ1v) is 6.51. The zero-order valence-corrected chi connectivity index (χ0v) is 11.8. The number of methoxy groups -OCH3 is 1. The van der Waals surface area contributed by atoms with Crippen LogP contribution in [0, 0.1) is 0 Å². The van der Waals surface area contributed by atoms with Gasteiger partial charge in [-0.05, 0) is 31.9 Å². The van der Waals surface area contributed by atoms with Crippen LogP contribution in [-0.4, -0.2) is 30.5 Å². The Hall–Kier alpha value is -1.06. The molecule has 0 aliphatic rings. The predicted octanol–water partition coefficient (Wildman–Crippen LogP) is 2.80. The van der Waals surface area contributed by atoms with Crippen LogP contribution in [0.1, 0.15) is 32.8 Å². The topological polar surface area (TPSA) is 38.7 Å². The molecule has 2 atom stereocenters. The molecule has 0 saturated carbocycles. The predicted molar refractivity (Wildman–Crippen MR) is 73.0 cm³/mol. The molecule has 1 aromatic rings. The van der Waals surface area contributed by atoms with Crippen molar-refractivity contribution in [3.8, 4) is 5.75 Å². The molecular weight excluding hydrogens is 228 g/mol. The van der Waals surface area contributed by atoms with Crippen molar-refractivity contribution in [3.05, 3.63) is 29.8 Å². The second-order valence-electron chi connectivity index (χ2n) is 4.63. The van der Waals surface area contributed by atoms with Gasteiger partial charge in [-0.15, -0.1) is 0 Å². The summed E-state index contributed by atoms with van der Waals surface area (Å²) in [4.78, 5) is 0. The van der Waals surface area contributed by atoms with Crippen molar-refractivity contribution in [3.63, 3.8) is 0 Å². The third-order valence-electron chi connectivity index (χ3n) is 3.49. The first-order chi connectivity index (χ1) is 8.57. The van der Waals surface area contributed by atoms with Crippen LogP contribution in [0.25, 0.3) is 0 Å². The van der Waals surface area contributed by atoms with Crippen LogP contribution in [0.3, 0.4) is 0 Å². The van der Waals surface area contributed by atoms with E-state index in [-0.39, 0.29) is 0 Å². The number of hydrogen-bond acceptors (Lipinski definition) is 3. The fourth-order valence-corrected chi connectivity index (χ4v) is 2.06. The van der Waals surface area contributed by atoms with Crippen molar-refractivity contribution in [2.24, 2.45) is 0 Å². The van der Waals surface area contributed by atoms with Gasteiger partial charge in [-0.2, -0.15) is 0 Å². The fraction of sp³-hybridized carbons (Fsp3) is 0.600. The highest BCUT2D eigenvalue weighted by atomic mass is 16.5. The molecule has 1 N–H and O–H groups in total. The molecule has 0 radical (unpaired) electrons. The standard InChI is InChI=1S/C15H24O3/c1-5-15(3,18-6-2)14(16)11-12-9-7-8-10-13(12)17-4/h7-10,14,16H,5-6,11H2,1-4H3. The summed E-state index contributed by atoms with van der Waals surface area (Å²) in [5.41, 5.74) is 0.502. The number of ether oxygens (including phenoxy) is 2. The first kappa shape index (κ1) is 15.0. The van der Waals surface area contributed by atoms with Crippen molar-refractivity contribution in [2.45, 2.75) is 45.3 Å². The van der Waals surface area contributed by atoms with E-state index in [1.54, 1.807) is 7.11 Å². The highest BCUT2D eigenvalue weighted by Gasteiger charge is 2.32. The van der Waals surface area contributed by atoms with Gasteiger partial charge in [-0.25, -0.2) is 0 Å². The molecule has 0 aromatic heterocycles. The minimum atomic E-state index is -0.543. The van der Waals surface area contributed by atoms with Gasteiger partial charge in [0.2, 0.25) is 0 Å². The maximum Gasteiger partial charge on any atom is 0.122 e. The van der Waals surface area contributed by atoms with E-state index in [2.05, 4.69) is 0 Å². The molecule has 2 unspecified atom stereocenters. The Bertz CT molecular complexity index is 365. The molecule has 0 bridgehead atoms. The molecule has 1 aromatic carbocycles. The van der Waals surface area contributed by atoms with Crippen LogP contribution in [-0.2, 0) is 11.2 Å². The summed E-state index contributed by atoms with van der Waals surface area (Å²) in [6.07, 6.45) is 0.768. The molecule has 0 aliphatic carbocycles. The van der Waals surface area contributed by atoms with Gasteiger partial charge < -0.3 is 14.6 Å². The lowest BCUT2D eigenvalue weighted by molar-refractivity contribution is -0.110. The maximum atomic E-state index is 10.4. The normalized spacial score (nSPS) is 16.1. The SMILES string of the molecule is CCOC(C)(CC)C(O)Cc1ccccc1OC. The van der Waals surface area contributed by atoms with Crippen LogP contribution in [0.5, 0.6) is 5.75 Å². The molecule has 0 fully saturated rings. The number of aliphatic hydroxyl groups is 1. The summed E-state index contributed by atoms with van der Waals surface area (Å²) >= 11 is 0. The van der Waals surface area contributed by atoms with Gasteiger partial charge in [0.1, 0.15) is 5.75 Å². The highest BCUT2D eigenvalue weighted by Crippen LogP contribution is 2.26. The molecule has 102 valence electrons. The van der Waals surface area contributed by atoms with Gasteiger partial charge in [0.05, 0.1) is 18.8 Å². The lowest BCUT2D eigenvalue weighted by Crippen LogP contribution is -2.43. The largest absolute Gasteiger partial charge is 0.496 e. The summed E-state index contributed by atoms with van der Waals surface area (Å²) in [6, 6.07) is 7.76. The van der Waals surface area contributed by atoms with E-state index < -0.39 is 11.7 Å². The van der Waals surface area contributed by atoms with Crippen molar-refractivity contribution in [1.82, 2.24) is 0 Å². The minimum Gasteiger partial charge on any atom is -0.496 e. The number of rotatable bonds is 7. The van der Waals surface area contributed by atoms with Gasteiger partial charge in [0.15, 0.2) is 0 Å². The third-order valence-corrected chi connectivity index (χ3v) is 3.49. The van der Waals surface area contributed by atoms with Crippen LogP contribution in [0.15, 0.2) is 24.3 Å². The Morgan fingerprint density at radius 1 is 1.28 bits per heavy atom. The molecule has 0 saturated heterocycles. The molecule has 0 spiro atoms. The Morgan fingerprint density at radius 3 is 2.50 bits per heavy atom. The van der Waals surface area contributed by atoms with E-state index in [0.717, 1.165) is 17.7 Å². The second kappa shape index (κ2) is 6.76. The van der Waals surface area contributed by atoms with E-state index in [4.69, 9.17) is 9.47 Å². The van der Waals surface area contributed by atoms with Crippen LogP contribution in [0.4, 0.5) is 0 Å². The van der Waals surface area contributed by atoms with E-state index in [1.807, 2.05) is 45.0 Å². The number of hydrogen-bond donors (Lipinski definition) is 1. The second-order valence-corrected chi connectivity index (χ2v) is 4.63. The van der Waals surface area contributed by atoms with Crippen molar-refractivity contribution in [1.29, 1.82) is 0 Å². The molecule has 0 heterocycles. The zero-order valence-electron chi connectivity index (χ0n) is 11.8. The lowest BCUT2D eigenvalue weighted by Gasteiger charge is -2.33. The molecule has 0 amide bonds. The van der Waals surface area contributed by atoms with Crippen molar-refractivity contribution < 1.29 is 14.6 Å². The van der Waals surface area contributed by atoms with E-state index in [1.165, 1.54) is 0 Å². The quantitative estimate of drug-likeness (QED) is 0.811. The molecule has 0 aliphatic heterocycles. The minimum absolute atomic E-state index is 0.504. The van der Waals surface area contributed by atoms with Crippen LogP contribution >= 0.6 is 0 Å². The number of benzene rings is 1. The summed E-state index contributed by atoms with van der Waals surface area (Å²) in [5.74, 6) is 0.812. The third kappa shape index (κ3) is 3.47. The van der Waals surface area contributed by atoms with Gasteiger partial charge in [-0.1, -0.05) is 25.1 Å². The Morgan fingerprint density at radius 2 is 1.94 bits per heavy atom. The molecule has 1 rings (SSSR count). The number of aliphatic hydroxyl groups excluding tert-OH is 1. The van der Waals surface area contributed by atoms with Crippen molar-refractivity contribution in [2.75, 3.05) is 13.7 Å². The van der Waals surface area contributed by atoms with Crippen LogP contribution in [0.2, 0.25) is 0 Å². The van der Waals surface area contributed by atoms with Gasteiger partial charge in [0.25, 0.3) is 0 Å². The van der Waals surface area contributed by atoms with E-state index in [9.17, 15) is 5.11 Å². The zero-order chi connectivity index (χ0) is 13.6. The lowest BCUT2D eigenvalue weighted by atomic mass is 9.90. The van der Waals surface area contributed by atoms with Gasteiger partial charge in [0, 0.05) is 13.0 Å².